The summed E-state index contributed by atoms with van der Waals surface area (Å²) in [5.41, 5.74) is -1.27. The van der Waals surface area contributed by atoms with E-state index in [0.29, 0.717) is 25.2 Å². The highest BCUT2D eigenvalue weighted by Gasteiger charge is 2.72. The highest BCUT2D eigenvalue weighted by molar-refractivity contribution is 5.97. The molecular weight excluding hydrogens is 444 g/mol. The van der Waals surface area contributed by atoms with E-state index in [9.17, 15) is 24.9 Å². The summed E-state index contributed by atoms with van der Waals surface area (Å²) in [4.78, 5) is 26.1. The highest BCUT2D eigenvalue weighted by Crippen LogP contribution is 2.68. The minimum Gasteiger partial charge on any atom is -0.462 e. The van der Waals surface area contributed by atoms with E-state index in [-0.39, 0.29) is 35.6 Å². The van der Waals surface area contributed by atoms with Gasteiger partial charge in [-0.2, -0.15) is 0 Å². The van der Waals surface area contributed by atoms with Gasteiger partial charge in [0, 0.05) is 29.6 Å². The second-order valence-electron chi connectivity index (χ2n) is 13.4. The minimum absolute atomic E-state index is 0.0656. The molecule has 3 saturated carbocycles. The van der Waals surface area contributed by atoms with Crippen molar-refractivity contribution in [1.29, 1.82) is 0 Å². The molecule has 4 aliphatic carbocycles. The zero-order valence-corrected chi connectivity index (χ0v) is 22.0. The molecule has 196 valence electrons. The number of aliphatic hydroxyl groups excluding tert-OH is 2. The van der Waals surface area contributed by atoms with E-state index >= 15 is 0 Å². The number of fused-ring (bicyclic) bond motifs is 5. The third kappa shape index (κ3) is 3.45. The van der Waals surface area contributed by atoms with Crippen LogP contribution in [0.1, 0.15) is 86.0 Å². The van der Waals surface area contributed by atoms with Gasteiger partial charge in [0.1, 0.15) is 6.10 Å². The van der Waals surface area contributed by atoms with Crippen molar-refractivity contribution in [1.82, 2.24) is 0 Å². The van der Waals surface area contributed by atoms with Crippen molar-refractivity contribution < 1.29 is 29.6 Å². The summed E-state index contributed by atoms with van der Waals surface area (Å²) in [5.74, 6) is -1.15. The van der Waals surface area contributed by atoms with Gasteiger partial charge in [0.25, 0.3) is 0 Å². The molecule has 0 spiro atoms. The standard InChI is InChI=1S/C29H44O6/c1-15(2)17-12-21(35-22(31)13-17)16(3)19-14-20(30)23-24-26(33)25(32)18-8-6-7-9-28(18,5)29(24,34)11-10-27(19,23)4/h14-18,21,23-26,32-34H,6-13H2,1-5H3. The van der Waals surface area contributed by atoms with E-state index in [1.807, 2.05) is 0 Å². The zero-order chi connectivity index (χ0) is 25.5. The average molecular weight is 489 g/mol. The Bertz CT molecular complexity index is 926. The maximum absolute atomic E-state index is 13.7. The number of carbonyl (C=O) groups is 2. The summed E-state index contributed by atoms with van der Waals surface area (Å²) in [6, 6.07) is 0. The Morgan fingerprint density at radius 3 is 2.43 bits per heavy atom. The van der Waals surface area contributed by atoms with Gasteiger partial charge < -0.3 is 20.1 Å². The van der Waals surface area contributed by atoms with Gasteiger partial charge in [0.15, 0.2) is 5.78 Å². The smallest absolute Gasteiger partial charge is 0.306 e. The molecule has 0 bridgehead atoms. The van der Waals surface area contributed by atoms with Gasteiger partial charge in [0.05, 0.1) is 17.8 Å². The average Bonchev–Trinajstić information content (AvgIpc) is 3.07. The maximum atomic E-state index is 13.7. The summed E-state index contributed by atoms with van der Waals surface area (Å²) < 4.78 is 5.82. The van der Waals surface area contributed by atoms with E-state index in [4.69, 9.17) is 4.74 Å². The molecule has 1 heterocycles. The van der Waals surface area contributed by atoms with Crippen molar-refractivity contribution in [2.24, 2.45) is 46.3 Å². The van der Waals surface area contributed by atoms with Crippen LogP contribution < -0.4 is 0 Å². The second kappa shape index (κ2) is 8.39. The van der Waals surface area contributed by atoms with Gasteiger partial charge in [-0.1, -0.05) is 53.0 Å². The van der Waals surface area contributed by atoms with Crippen molar-refractivity contribution in [3.05, 3.63) is 11.6 Å². The van der Waals surface area contributed by atoms with Crippen LogP contribution in [0.3, 0.4) is 0 Å². The first-order chi connectivity index (χ1) is 16.3. The molecule has 0 amide bonds. The number of cyclic esters (lactones) is 1. The van der Waals surface area contributed by atoms with E-state index in [0.717, 1.165) is 37.7 Å². The largest absolute Gasteiger partial charge is 0.462 e. The van der Waals surface area contributed by atoms with Crippen LogP contribution in [0.5, 0.6) is 0 Å². The number of allylic oxidation sites excluding steroid dienone is 1. The molecule has 1 aliphatic heterocycles. The Kier molecular flexibility index (Phi) is 6.09. The van der Waals surface area contributed by atoms with Crippen molar-refractivity contribution in [2.45, 2.75) is 110 Å². The van der Waals surface area contributed by atoms with Crippen LogP contribution in [-0.4, -0.2) is 51.0 Å². The van der Waals surface area contributed by atoms with Crippen LogP contribution in [0.25, 0.3) is 0 Å². The first-order valence-electron chi connectivity index (χ1n) is 13.9. The number of esters is 1. The predicted molar refractivity (Wildman–Crippen MR) is 131 cm³/mol. The number of hydrogen-bond donors (Lipinski definition) is 3. The van der Waals surface area contributed by atoms with Crippen LogP contribution in [0.4, 0.5) is 0 Å². The van der Waals surface area contributed by atoms with Crippen molar-refractivity contribution >= 4 is 11.8 Å². The molecule has 0 aromatic carbocycles. The molecule has 11 atom stereocenters. The Morgan fingerprint density at radius 1 is 1.03 bits per heavy atom. The van der Waals surface area contributed by atoms with E-state index < -0.39 is 40.5 Å². The fourth-order valence-electron chi connectivity index (χ4n) is 9.24. The minimum atomic E-state index is -1.19. The van der Waals surface area contributed by atoms with E-state index in [1.54, 1.807) is 6.08 Å². The van der Waals surface area contributed by atoms with Crippen molar-refractivity contribution in [3.63, 3.8) is 0 Å². The molecule has 35 heavy (non-hydrogen) atoms. The first-order valence-corrected chi connectivity index (χ1v) is 13.9. The third-order valence-electron chi connectivity index (χ3n) is 11.5. The number of ketones is 1. The summed E-state index contributed by atoms with van der Waals surface area (Å²) in [6.45, 7) is 10.5. The highest BCUT2D eigenvalue weighted by atomic mass is 16.5. The molecule has 4 fully saturated rings. The first kappa shape index (κ1) is 25.4. The summed E-state index contributed by atoms with van der Waals surface area (Å²) in [7, 11) is 0. The molecule has 3 N–H and O–H groups in total. The van der Waals surface area contributed by atoms with Gasteiger partial charge >= 0.3 is 5.97 Å². The summed E-state index contributed by atoms with van der Waals surface area (Å²) >= 11 is 0. The summed E-state index contributed by atoms with van der Waals surface area (Å²) in [5, 5.41) is 34.9. The van der Waals surface area contributed by atoms with Crippen molar-refractivity contribution in [2.75, 3.05) is 0 Å². The number of hydrogen-bond acceptors (Lipinski definition) is 6. The molecule has 5 rings (SSSR count). The van der Waals surface area contributed by atoms with Crippen LogP contribution in [0.2, 0.25) is 0 Å². The lowest BCUT2D eigenvalue weighted by molar-refractivity contribution is -0.287. The van der Waals surface area contributed by atoms with Gasteiger partial charge in [-0.15, -0.1) is 0 Å². The molecule has 6 nitrogen and oxygen atoms in total. The molecule has 0 aromatic rings. The number of ether oxygens (including phenoxy) is 1. The fraction of sp³-hybridized carbons (Fsp3) is 0.862. The lowest BCUT2D eigenvalue weighted by Gasteiger charge is -2.66. The predicted octanol–water partition coefficient (Wildman–Crippen LogP) is 3.80. The van der Waals surface area contributed by atoms with Crippen LogP contribution in [0.15, 0.2) is 11.6 Å². The Morgan fingerprint density at radius 2 is 1.74 bits per heavy atom. The van der Waals surface area contributed by atoms with Gasteiger partial charge in [-0.25, -0.2) is 0 Å². The zero-order valence-electron chi connectivity index (χ0n) is 22.0. The molecule has 0 radical (unpaired) electrons. The Labute approximate surface area is 209 Å². The monoisotopic (exact) mass is 488 g/mol. The molecule has 5 aliphatic rings. The maximum Gasteiger partial charge on any atom is 0.306 e. The lowest BCUT2D eigenvalue weighted by atomic mass is 9.41. The molecule has 11 unspecified atom stereocenters. The Hall–Kier alpha value is -1.24. The molecule has 1 saturated heterocycles. The number of carbonyl (C=O) groups excluding carboxylic acids is 2. The molecule has 6 heteroatoms. The second-order valence-corrected chi connectivity index (χ2v) is 13.4. The quantitative estimate of drug-likeness (QED) is 0.522. The normalized spacial score (nSPS) is 50.7. The number of aliphatic hydroxyl groups is 3. The van der Waals surface area contributed by atoms with Gasteiger partial charge in [-0.3, -0.25) is 9.59 Å². The van der Waals surface area contributed by atoms with E-state index in [1.165, 1.54) is 0 Å². The van der Waals surface area contributed by atoms with Gasteiger partial charge in [-0.05, 0) is 61.3 Å². The van der Waals surface area contributed by atoms with Crippen LogP contribution in [0, 0.1) is 46.3 Å². The van der Waals surface area contributed by atoms with E-state index in [2.05, 4.69) is 34.6 Å². The SMILES string of the molecule is CC(C)C1CC(=O)OC(C(C)C2=CC(=O)C3C4C(O)C(O)C5CCCCC5(C)C4(O)CCC23C)C1. The summed E-state index contributed by atoms with van der Waals surface area (Å²) in [6.07, 6.45) is 5.33. The van der Waals surface area contributed by atoms with Crippen molar-refractivity contribution in [3.8, 4) is 0 Å². The third-order valence-corrected chi connectivity index (χ3v) is 11.5. The lowest BCUT2D eigenvalue weighted by Crippen LogP contribution is -2.73. The topological polar surface area (TPSA) is 104 Å². The van der Waals surface area contributed by atoms with Crippen LogP contribution in [-0.2, 0) is 14.3 Å². The molecule has 0 aromatic heterocycles. The Balaban J connectivity index is 1.48. The molecular formula is C29H44O6. The fourth-order valence-corrected chi connectivity index (χ4v) is 9.24. The van der Waals surface area contributed by atoms with Crippen LogP contribution >= 0.6 is 0 Å². The van der Waals surface area contributed by atoms with Gasteiger partial charge in [0.2, 0.25) is 0 Å². The number of rotatable bonds is 3.